The highest BCUT2D eigenvalue weighted by Gasteiger charge is 2.11. The predicted octanol–water partition coefficient (Wildman–Crippen LogP) is 1.84. The SMILES string of the molecule is COc1cc(C)cc(OC)c1CC(N)=S. The zero-order valence-electron chi connectivity index (χ0n) is 9.16. The Labute approximate surface area is 95.2 Å². The van der Waals surface area contributed by atoms with Crippen molar-refractivity contribution in [3.63, 3.8) is 0 Å². The van der Waals surface area contributed by atoms with Crippen molar-refractivity contribution in [1.29, 1.82) is 0 Å². The molecule has 0 bridgehead atoms. The summed E-state index contributed by atoms with van der Waals surface area (Å²) >= 11 is 4.89. The fourth-order valence-corrected chi connectivity index (χ4v) is 1.61. The van der Waals surface area contributed by atoms with Gasteiger partial charge in [0.1, 0.15) is 11.5 Å². The molecule has 4 heteroatoms. The van der Waals surface area contributed by atoms with E-state index in [4.69, 9.17) is 27.4 Å². The minimum Gasteiger partial charge on any atom is -0.496 e. The van der Waals surface area contributed by atoms with Gasteiger partial charge in [0.25, 0.3) is 0 Å². The first-order chi connectivity index (χ1) is 7.08. The Hall–Kier alpha value is -1.29. The fourth-order valence-electron chi connectivity index (χ4n) is 1.46. The highest BCUT2D eigenvalue weighted by Crippen LogP contribution is 2.30. The summed E-state index contributed by atoms with van der Waals surface area (Å²) in [5.41, 5.74) is 7.51. The van der Waals surface area contributed by atoms with Gasteiger partial charge in [-0.05, 0) is 24.6 Å². The summed E-state index contributed by atoms with van der Waals surface area (Å²) < 4.78 is 10.5. The van der Waals surface area contributed by atoms with E-state index < -0.39 is 0 Å². The van der Waals surface area contributed by atoms with Crippen LogP contribution in [0.25, 0.3) is 0 Å². The van der Waals surface area contributed by atoms with E-state index in [1.54, 1.807) is 14.2 Å². The van der Waals surface area contributed by atoms with Crippen LogP contribution in [0.4, 0.5) is 0 Å². The van der Waals surface area contributed by atoms with Crippen molar-refractivity contribution in [2.24, 2.45) is 5.73 Å². The lowest BCUT2D eigenvalue weighted by molar-refractivity contribution is 0.387. The first-order valence-electron chi connectivity index (χ1n) is 4.58. The molecule has 0 radical (unpaired) electrons. The van der Waals surface area contributed by atoms with Crippen LogP contribution in [-0.4, -0.2) is 19.2 Å². The van der Waals surface area contributed by atoms with Gasteiger partial charge in [0.2, 0.25) is 0 Å². The summed E-state index contributed by atoms with van der Waals surface area (Å²) in [6, 6.07) is 3.88. The van der Waals surface area contributed by atoms with Crippen LogP contribution in [0.5, 0.6) is 11.5 Å². The van der Waals surface area contributed by atoms with Crippen molar-refractivity contribution in [1.82, 2.24) is 0 Å². The zero-order chi connectivity index (χ0) is 11.4. The first kappa shape index (κ1) is 11.8. The monoisotopic (exact) mass is 225 g/mol. The van der Waals surface area contributed by atoms with Gasteiger partial charge in [-0.15, -0.1) is 0 Å². The largest absolute Gasteiger partial charge is 0.496 e. The van der Waals surface area contributed by atoms with Crippen molar-refractivity contribution < 1.29 is 9.47 Å². The van der Waals surface area contributed by atoms with Crippen LogP contribution in [0.1, 0.15) is 11.1 Å². The van der Waals surface area contributed by atoms with Crippen LogP contribution in [0.15, 0.2) is 12.1 Å². The molecule has 1 aromatic rings. The van der Waals surface area contributed by atoms with E-state index in [9.17, 15) is 0 Å². The molecule has 3 nitrogen and oxygen atoms in total. The summed E-state index contributed by atoms with van der Waals surface area (Å²) in [4.78, 5) is 0.426. The number of thiocarbonyl (C=S) groups is 1. The highest BCUT2D eigenvalue weighted by molar-refractivity contribution is 7.80. The number of benzene rings is 1. The van der Waals surface area contributed by atoms with E-state index in [-0.39, 0.29) is 0 Å². The lowest BCUT2D eigenvalue weighted by Crippen LogP contribution is -2.12. The van der Waals surface area contributed by atoms with Crippen LogP contribution in [-0.2, 0) is 6.42 Å². The van der Waals surface area contributed by atoms with Gasteiger partial charge in [-0.1, -0.05) is 12.2 Å². The lowest BCUT2D eigenvalue weighted by atomic mass is 10.1. The summed E-state index contributed by atoms with van der Waals surface area (Å²) in [6.07, 6.45) is 0.488. The van der Waals surface area contributed by atoms with Crippen molar-refractivity contribution >= 4 is 17.2 Å². The third kappa shape index (κ3) is 2.83. The van der Waals surface area contributed by atoms with E-state index in [0.29, 0.717) is 11.4 Å². The average Bonchev–Trinajstić information content (AvgIpc) is 2.19. The number of methoxy groups -OCH3 is 2. The van der Waals surface area contributed by atoms with Crippen LogP contribution in [0.2, 0.25) is 0 Å². The molecule has 0 aliphatic carbocycles. The minimum atomic E-state index is 0.426. The molecule has 0 fully saturated rings. The van der Waals surface area contributed by atoms with E-state index in [1.807, 2.05) is 19.1 Å². The Kier molecular flexibility index (Phi) is 3.91. The Balaban J connectivity index is 3.23. The molecule has 0 heterocycles. The molecule has 2 N–H and O–H groups in total. The maximum Gasteiger partial charge on any atom is 0.126 e. The van der Waals surface area contributed by atoms with Gasteiger partial charge in [-0.25, -0.2) is 0 Å². The number of ether oxygens (including phenoxy) is 2. The predicted molar refractivity (Wildman–Crippen MR) is 64.8 cm³/mol. The summed E-state index contributed by atoms with van der Waals surface area (Å²) in [6.45, 7) is 1.98. The molecule has 0 saturated heterocycles. The first-order valence-corrected chi connectivity index (χ1v) is 4.99. The molecule has 1 rings (SSSR count). The average molecular weight is 225 g/mol. The maximum absolute atomic E-state index is 5.53. The van der Waals surface area contributed by atoms with Crippen LogP contribution in [0, 0.1) is 6.92 Å². The maximum atomic E-state index is 5.53. The van der Waals surface area contributed by atoms with Crippen molar-refractivity contribution in [2.45, 2.75) is 13.3 Å². The number of hydrogen-bond acceptors (Lipinski definition) is 3. The number of hydrogen-bond donors (Lipinski definition) is 1. The smallest absolute Gasteiger partial charge is 0.126 e. The molecule has 0 saturated carbocycles. The van der Waals surface area contributed by atoms with E-state index >= 15 is 0 Å². The van der Waals surface area contributed by atoms with Crippen LogP contribution < -0.4 is 15.2 Å². The summed E-state index contributed by atoms with van der Waals surface area (Å²) in [7, 11) is 3.24. The number of aryl methyl sites for hydroxylation is 1. The molecule has 0 aliphatic rings. The topological polar surface area (TPSA) is 44.5 Å². The van der Waals surface area contributed by atoms with Crippen molar-refractivity contribution in [3.05, 3.63) is 23.3 Å². The summed E-state index contributed by atoms with van der Waals surface area (Å²) in [5, 5.41) is 0. The van der Waals surface area contributed by atoms with E-state index in [1.165, 1.54) is 0 Å². The quantitative estimate of drug-likeness (QED) is 0.794. The standard InChI is InChI=1S/C11H15NO2S/c1-7-4-9(13-2)8(6-11(12)15)10(5-7)14-3/h4-5H,6H2,1-3H3,(H2,12,15). The van der Waals surface area contributed by atoms with Crippen LogP contribution in [0.3, 0.4) is 0 Å². The minimum absolute atomic E-state index is 0.426. The number of nitrogens with two attached hydrogens (primary N) is 1. The second-order valence-corrected chi connectivity index (χ2v) is 3.82. The normalized spacial score (nSPS) is 9.80. The molecule has 0 unspecified atom stereocenters. The molecule has 0 aliphatic heterocycles. The van der Waals surface area contributed by atoms with E-state index in [2.05, 4.69) is 0 Å². The Morgan fingerprint density at radius 3 is 2.07 bits per heavy atom. The zero-order valence-corrected chi connectivity index (χ0v) is 9.98. The third-order valence-electron chi connectivity index (χ3n) is 2.10. The van der Waals surface area contributed by atoms with Gasteiger partial charge in [0.15, 0.2) is 0 Å². The number of rotatable bonds is 4. The van der Waals surface area contributed by atoms with Gasteiger partial charge in [0, 0.05) is 12.0 Å². The Bertz CT molecular complexity index is 352. The van der Waals surface area contributed by atoms with Gasteiger partial charge in [-0.2, -0.15) is 0 Å². The van der Waals surface area contributed by atoms with Gasteiger partial charge in [-0.3, -0.25) is 0 Å². The second kappa shape index (κ2) is 4.98. The van der Waals surface area contributed by atoms with Gasteiger partial charge < -0.3 is 15.2 Å². The molecule has 15 heavy (non-hydrogen) atoms. The molecule has 0 aromatic heterocycles. The molecule has 0 amide bonds. The molecule has 0 spiro atoms. The Morgan fingerprint density at radius 1 is 1.27 bits per heavy atom. The molecule has 0 atom stereocenters. The van der Waals surface area contributed by atoms with Gasteiger partial charge >= 0.3 is 0 Å². The fraction of sp³-hybridized carbons (Fsp3) is 0.364. The lowest BCUT2D eigenvalue weighted by Gasteiger charge is -2.13. The summed E-state index contributed by atoms with van der Waals surface area (Å²) in [5.74, 6) is 1.53. The van der Waals surface area contributed by atoms with Crippen molar-refractivity contribution in [3.8, 4) is 11.5 Å². The molecular weight excluding hydrogens is 210 g/mol. The highest BCUT2D eigenvalue weighted by atomic mass is 32.1. The van der Waals surface area contributed by atoms with Crippen LogP contribution >= 0.6 is 12.2 Å². The second-order valence-electron chi connectivity index (χ2n) is 3.29. The molecule has 82 valence electrons. The molecular formula is C11H15NO2S. The third-order valence-corrected chi connectivity index (χ3v) is 2.25. The van der Waals surface area contributed by atoms with Crippen molar-refractivity contribution in [2.75, 3.05) is 14.2 Å². The van der Waals surface area contributed by atoms with Gasteiger partial charge in [0.05, 0.1) is 19.2 Å². The van der Waals surface area contributed by atoms with E-state index in [0.717, 1.165) is 22.6 Å². The Morgan fingerprint density at radius 2 is 1.73 bits per heavy atom. The molecule has 1 aromatic carbocycles.